The summed E-state index contributed by atoms with van der Waals surface area (Å²) in [4.78, 5) is 23.3. The van der Waals surface area contributed by atoms with Gasteiger partial charge in [-0.3, -0.25) is 4.79 Å². The van der Waals surface area contributed by atoms with Crippen LogP contribution in [-0.4, -0.2) is 33.9 Å². The van der Waals surface area contributed by atoms with Gasteiger partial charge in [0.2, 0.25) is 5.91 Å². The molecule has 5 heteroatoms. The molecule has 1 fully saturated rings. The lowest BCUT2D eigenvalue weighted by Crippen LogP contribution is -2.42. The molecule has 3 heterocycles. The van der Waals surface area contributed by atoms with Gasteiger partial charge in [0, 0.05) is 30.9 Å². The molecule has 0 saturated carbocycles. The van der Waals surface area contributed by atoms with E-state index in [9.17, 15) is 4.79 Å². The highest BCUT2D eigenvalue weighted by atomic mass is 16.2. The summed E-state index contributed by atoms with van der Waals surface area (Å²) in [6.07, 6.45) is 4.89. The predicted octanol–water partition coefficient (Wildman–Crippen LogP) is 3.66. The van der Waals surface area contributed by atoms with Crippen molar-refractivity contribution in [3.8, 4) is 0 Å². The zero-order valence-corrected chi connectivity index (χ0v) is 15.0. The molecule has 1 amide bonds. The van der Waals surface area contributed by atoms with Gasteiger partial charge < -0.3 is 10.2 Å². The number of piperidine rings is 1. The quantitative estimate of drug-likeness (QED) is 0.904. The maximum Gasteiger partial charge on any atom is 0.225 e. The number of hydrogen-bond acceptors (Lipinski definition) is 4. The Bertz CT molecular complexity index is 702. The van der Waals surface area contributed by atoms with Crippen LogP contribution in [0, 0.1) is 11.8 Å². The number of nitrogens with zero attached hydrogens (tertiary/aromatic N) is 3. The Hall–Kier alpha value is -2.43. The van der Waals surface area contributed by atoms with E-state index in [4.69, 9.17) is 4.98 Å². The number of anilines is 2. The van der Waals surface area contributed by atoms with Crippen molar-refractivity contribution in [2.24, 2.45) is 11.8 Å². The lowest BCUT2D eigenvalue weighted by molar-refractivity contribution is -0.136. The van der Waals surface area contributed by atoms with Gasteiger partial charge >= 0.3 is 0 Å². The van der Waals surface area contributed by atoms with Crippen LogP contribution in [0.1, 0.15) is 32.4 Å². The normalized spacial score (nSPS) is 17.6. The van der Waals surface area contributed by atoms with Gasteiger partial charge in [-0.2, -0.15) is 0 Å². The van der Waals surface area contributed by atoms with Crippen LogP contribution in [0.4, 0.5) is 11.6 Å². The fourth-order valence-corrected chi connectivity index (χ4v) is 3.32. The predicted molar refractivity (Wildman–Crippen MR) is 99.6 cm³/mol. The summed E-state index contributed by atoms with van der Waals surface area (Å²) in [6.45, 7) is 5.68. The summed E-state index contributed by atoms with van der Waals surface area (Å²) in [5.74, 6) is 2.42. The van der Waals surface area contributed by atoms with Crippen molar-refractivity contribution < 1.29 is 4.79 Å². The van der Waals surface area contributed by atoms with Crippen molar-refractivity contribution in [1.29, 1.82) is 0 Å². The fraction of sp³-hybridized carbons (Fsp3) is 0.450. The van der Waals surface area contributed by atoms with E-state index in [-0.39, 0.29) is 11.8 Å². The number of rotatable bonds is 5. The van der Waals surface area contributed by atoms with Crippen LogP contribution in [-0.2, 0) is 11.2 Å². The van der Waals surface area contributed by atoms with E-state index in [1.165, 1.54) is 0 Å². The Kier molecular flexibility index (Phi) is 5.64. The third-order valence-electron chi connectivity index (χ3n) is 4.55. The van der Waals surface area contributed by atoms with Gasteiger partial charge in [0.1, 0.15) is 11.6 Å². The maximum absolute atomic E-state index is 12.2. The molecule has 1 aliphatic rings. The van der Waals surface area contributed by atoms with E-state index >= 15 is 0 Å². The standard InChI is InChI=1S/C20H26N4O/c1-15(2)20(25)24-12-6-7-16(14-24)13-17-8-5-10-19(22-17)23-18-9-3-4-11-21-18/h3-5,8-11,15-16H,6-7,12-14H2,1-2H3,(H,21,22,23)/t16-/m1/s1. The van der Waals surface area contributed by atoms with Crippen LogP contribution in [0.5, 0.6) is 0 Å². The minimum atomic E-state index is 0.0720. The van der Waals surface area contributed by atoms with Gasteiger partial charge in [0.25, 0.3) is 0 Å². The van der Waals surface area contributed by atoms with Gasteiger partial charge in [-0.1, -0.05) is 26.0 Å². The second kappa shape index (κ2) is 8.10. The van der Waals surface area contributed by atoms with E-state index < -0.39 is 0 Å². The van der Waals surface area contributed by atoms with Crippen LogP contribution in [0.15, 0.2) is 42.6 Å². The van der Waals surface area contributed by atoms with Crippen LogP contribution in [0.25, 0.3) is 0 Å². The van der Waals surface area contributed by atoms with Crippen molar-refractivity contribution in [2.75, 3.05) is 18.4 Å². The molecule has 1 saturated heterocycles. The zero-order valence-electron chi connectivity index (χ0n) is 15.0. The molecule has 3 rings (SSSR count). The smallest absolute Gasteiger partial charge is 0.225 e. The van der Waals surface area contributed by atoms with Crippen molar-refractivity contribution in [1.82, 2.24) is 14.9 Å². The van der Waals surface area contributed by atoms with Crippen molar-refractivity contribution in [3.05, 3.63) is 48.3 Å². The van der Waals surface area contributed by atoms with E-state index in [0.29, 0.717) is 5.92 Å². The molecular weight excluding hydrogens is 312 g/mol. The minimum Gasteiger partial charge on any atom is -0.342 e. The summed E-state index contributed by atoms with van der Waals surface area (Å²) in [5.41, 5.74) is 1.06. The summed E-state index contributed by atoms with van der Waals surface area (Å²) < 4.78 is 0. The molecular formula is C20H26N4O. The molecule has 0 radical (unpaired) electrons. The molecule has 5 nitrogen and oxygen atoms in total. The summed E-state index contributed by atoms with van der Waals surface area (Å²) >= 11 is 0. The summed E-state index contributed by atoms with van der Waals surface area (Å²) in [5, 5.41) is 3.24. The van der Waals surface area contributed by atoms with Gasteiger partial charge in [0.05, 0.1) is 0 Å². The molecule has 0 unspecified atom stereocenters. The third kappa shape index (κ3) is 4.78. The number of carbonyl (C=O) groups excluding carboxylic acids is 1. The highest BCUT2D eigenvalue weighted by Crippen LogP contribution is 2.22. The Morgan fingerprint density at radius 2 is 2.08 bits per heavy atom. The number of nitrogens with one attached hydrogen (secondary N) is 1. The van der Waals surface area contributed by atoms with Gasteiger partial charge in [0.15, 0.2) is 0 Å². The van der Waals surface area contributed by atoms with Crippen molar-refractivity contribution in [3.63, 3.8) is 0 Å². The van der Waals surface area contributed by atoms with Crippen LogP contribution in [0.2, 0.25) is 0 Å². The number of aromatic nitrogens is 2. The number of likely N-dealkylation sites (tertiary alicyclic amines) is 1. The second-order valence-corrected chi connectivity index (χ2v) is 7.01. The zero-order chi connectivity index (χ0) is 17.6. The average molecular weight is 338 g/mol. The third-order valence-corrected chi connectivity index (χ3v) is 4.55. The van der Waals surface area contributed by atoms with Gasteiger partial charge in [-0.05, 0) is 49.4 Å². The molecule has 0 spiro atoms. The first-order valence-corrected chi connectivity index (χ1v) is 9.04. The Morgan fingerprint density at radius 1 is 1.24 bits per heavy atom. The number of pyridine rings is 2. The molecule has 2 aromatic heterocycles. The first-order chi connectivity index (χ1) is 12.1. The van der Waals surface area contributed by atoms with E-state index in [1.54, 1.807) is 6.20 Å². The molecule has 1 aliphatic heterocycles. The molecule has 0 bridgehead atoms. The molecule has 0 aliphatic carbocycles. The molecule has 0 aromatic carbocycles. The molecule has 25 heavy (non-hydrogen) atoms. The van der Waals surface area contributed by atoms with Gasteiger partial charge in [-0.25, -0.2) is 9.97 Å². The van der Waals surface area contributed by atoms with Crippen LogP contribution >= 0.6 is 0 Å². The fourth-order valence-electron chi connectivity index (χ4n) is 3.32. The first kappa shape index (κ1) is 17.4. The molecule has 1 N–H and O–H groups in total. The summed E-state index contributed by atoms with van der Waals surface area (Å²) in [6, 6.07) is 11.8. The topological polar surface area (TPSA) is 58.1 Å². The van der Waals surface area contributed by atoms with E-state index in [1.807, 2.05) is 49.1 Å². The summed E-state index contributed by atoms with van der Waals surface area (Å²) in [7, 11) is 0. The number of amides is 1. The SMILES string of the molecule is CC(C)C(=O)N1CCC[C@H](Cc2cccc(Nc3ccccn3)n2)C1. The lowest BCUT2D eigenvalue weighted by atomic mass is 9.92. The lowest BCUT2D eigenvalue weighted by Gasteiger charge is -2.33. The van der Waals surface area contributed by atoms with Crippen LogP contribution < -0.4 is 5.32 Å². The first-order valence-electron chi connectivity index (χ1n) is 9.04. The highest BCUT2D eigenvalue weighted by Gasteiger charge is 2.25. The Balaban J connectivity index is 1.63. The Labute approximate surface area is 149 Å². The maximum atomic E-state index is 12.2. The van der Waals surface area contributed by atoms with Gasteiger partial charge in [-0.15, -0.1) is 0 Å². The number of carbonyl (C=O) groups is 1. The number of hydrogen-bond donors (Lipinski definition) is 1. The largest absolute Gasteiger partial charge is 0.342 e. The van der Waals surface area contributed by atoms with E-state index in [2.05, 4.69) is 16.4 Å². The molecule has 1 atom stereocenters. The average Bonchev–Trinajstić information content (AvgIpc) is 2.62. The second-order valence-electron chi connectivity index (χ2n) is 7.01. The van der Waals surface area contributed by atoms with Crippen molar-refractivity contribution in [2.45, 2.75) is 33.1 Å². The van der Waals surface area contributed by atoms with Crippen LogP contribution in [0.3, 0.4) is 0 Å². The van der Waals surface area contributed by atoms with E-state index in [0.717, 1.165) is 49.7 Å². The van der Waals surface area contributed by atoms with Crippen molar-refractivity contribution >= 4 is 17.5 Å². The highest BCUT2D eigenvalue weighted by molar-refractivity contribution is 5.78. The Morgan fingerprint density at radius 3 is 2.84 bits per heavy atom. The monoisotopic (exact) mass is 338 g/mol. The minimum absolute atomic E-state index is 0.0720. The molecule has 132 valence electrons. The molecule has 2 aromatic rings.